The normalized spacial score (nSPS) is 20.8. The van der Waals surface area contributed by atoms with E-state index in [4.69, 9.17) is 4.74 Å². The van der Waals surface area contributed by atoms with Gasteiger partial charge in [-0.1, -0.05) is 18.2 Å². The number of hydrogen-bond donors (Lipinski definition) is 1. The molecule has 0 radical (unpaired) electrons. The van der Waals surface area contributed by atoms with Crippen molar-refractivity contribution in [2.24, 2.45) is 5.92 Å². The van der Waals surface area contributed by atoms with Crippen molar-refractivity contribution in [3.63, 3.8) is 0 Å². The fraction of sp³-hybridized carbons (Fsp3) is 0.423. The molecule has 0 bridgehead atoms. The molecule has 3 aliphatic rings. The van der Waals surface area contributed by atoms with E-state index in [2.05, 4.69) is 16.3 Å². The van der Waals surface area contributed by atoms with Crippen LogP contribution in [-0.2, 0) is 14.4 Å². The number of benzene rings is 2. The lowest BCUT2D eigenvalue weighted by Gasteiger charge is -2.40. The predicted molar refractivity (Wildman–Crippen MR) is 136 cm³/mol. The molecule has 0 aromatic heterocycles. The van der Waals surface area contributed by atoms with Gasteiger partial charge >= 0.3 is 0 Å². The minimum atomic E-state index is -0.776. The fourth-order valence-electron chi connectivity index (χ4n) is 4.98. The quantitative estimate of drug-likeness (QED) is 0.659. The first-order valence-electron chi connectivity index (χ1n) is 12.1. The van der Waals surface area contributed by atoms with Crippen LogP contribution < -0.4 is 15.0 Å². The lowest BCUT2D eigenvalue weighted by Crippen LogP contribution is -2.53. The molecule has 5 rings (SSSR count). The van der Waals surface area contributed by atoms with Crippen LogP contribution in [0.1, 0.15) is 12.8 Å². The number of rotatable bonds is 4. The molecule has 1 atom stereocenters. The minimum Gasteiger partial charge on any atom is -0.497 e. The van der Waals surface area contributed by atoms with Gasteiger partial charge < -0.3 is 24.8 Å². The Kier molecular flexibility index (Phi) is 6.86. The number of piperidine rings is 1. The summed E-state index contributed by atoms with van der Waals surface area (Å²) in [5.74, 6) is 0.498. The van der Waals surface area contributed by atoms with Gasteiger partial charge in [0, 0.05) is 61.8 Å². The van der Waals surface area contributed by atoms with Crippen molar-refractivity contribution in [1.82, 2.24) is 9.80 Å². The molecule has 0 spiro atoms. The Balaban J connectivity index is 1.12. The second kappa shape index (κ2) is 10.2. The molecule has 3 amide bonds. The van der Waals surface area contributed by atoms with Crippen LogP contribution in [-0.4, -0.2) is 79.1 Å². The third-order valence-electron chi connectivity index (χ3n) is 7.02. The van der Waals surface area contributed by atoms with Gasteiger partial charge in [0.1, 0.15) is 5.75 Å². The second-order valence-corrected chi connectivity index (χ2v) is 10.2. The molecule has 8 nitrogen and oxygen atoms in total. The van der Waals surface area contributed by atoms with Gasteiger partial charge in [0.05, 0.1) is 12.8 Å². The van der Waals surface area contributed by atoms with E-state index in [0.29, 0.717) is 39.0 Å². The molecule has 9 heteroatoms. The number of ether oxygens (including phenoxy) is 1. The number of likely N-dealkylation sites (tertiary alicyclic amines) is 1. The number of amides is 3. The molecule has 2 aromatic carbocycles. The minimum absolute atomic E-state index is 0.0732. The van der Waals surface area contributed by atoms with E-state index in [1.54, 1.807) is 12.0 Å². The number of hydrogen-bond acceptors (Lipinski definition) is 6. The van der Waals surface area contributed by atoms with E-state index >= 15 is 0 Å². The van der Waals surface area contributed by atoms with Gasteiger partial charge in [-0.05, 0) is 37.1 Å². The summed E-state index contributed by atoms with van der Waals surface area (Å²) in [7, 11) is 1.66. The number of carbonyl (C=O) groups is 3. The van der Waals surface area contributed by atoms with Crippen LogP contribution in [0.3, 0.4) is 0 Å². The Morgan fingerprint density at radius 3 is 2.37 bits per heavy atom. The zero-order chi connectivity index (χ0) is 24.4. The van der Waals surface area contributed by atoms with Crippen molar-refractivity contribution in [1.29, 1.82) is 0 Å². The molecule has 0 saturated carbocycles. The third-order valence-corrected chi connectivity index (χ3v) is 8.28. The smallest absolute Gasteiger partial charge is 0.247 e. The van der Waals surface area contributed by atoms with Crippen molar-refractivity contribution in [2.75, 3.05) is 56.6 Å². The largest absolute Gasteiger partial charge is 0.497 e. The van der Waals surface area contributed by atoms with E-state index in [1.165, 1.54) is 11.8 Å². The van der Waals surface area contributed by atoms with Gasteiger partial charge in [-0.3, -0.25) is 14.4 Å². The molecule has 1 unspecified atom stereocenters. The highest BCUT2D eigenvalue weighted by Gasteiger charge is 2.38. The Labute approximate surface area is 209 Å². The molecule has 1 N–H and O–H groups in total. The summed E-state index contributed by atoms with van der Waals surface area (Å²) in [6, 6.07) is 15.5. The highest BCUT2D eigenvalue weighted by molar-refractivity contribution is 8.01. The van der Waals surface area contributed by atoms with Crippen LogP contribution in [0.4, 0.5) is 11.4 Å². The Morgan fingerprint density at radius 2 is 1.63 bits per heavy atom. The van der Waals surface area contributed by atoms with Gasteiger partial charge in [-0.25, -0.2) is 0 Å². The van der Waals surface area contributed by atoms with Crippen LogP contribution in [0, 0.1) is 5.92 Å². The number of para-hydroxylation sites is 1. The predicted octanol–water partition coefficient (Wildman–Crippen LogP) is 2.70. The lowest BCUT2D eigenvalue weighted by molar-refractivity contribution is -0.141. The first-order valence-corrected chi connectivity index (χ1v) is 12.9. The summed E-state index contributed by atoms with van der Waals surface area (Å²) in [4.78, 5) is 45.7. The Morgan fingerprint density at radius 1 is 0.914 bits per heavy atom. The van der Waals surface area contributed by atoms with Gasteiger partial charge in [0.25, 0.3) is 0 Å². The summed E-state index contributed by atoms with van der Waals surface area (Å²) < 4.78 is 5.33. The zero-order valence-electron chi connectivity index (χ0n) is 19.8. The van der Waals surface area contributed by atoms with Crippen molar-refractivity contribution in [3.8, 4) is 5.75 Å². The Hall–Kier alpha value is -3.20. The van der Waals surface area contributed by atoms with E-state index < -0.39 is 5.25 Å². The molecular formula is C26H30N4O4S. The Bertz CT molecular complexity index is 1110. The summed E-state index contributed by atoms with van der Waals surface area (Å²) >= 11 is 1.31. The van der Waals surface area contributed by atoms with E-state index in [1.807, 2.05) is 47.4 Å². The highest BCUT2D eigenvalue weighted by Crippen LogP contribution is 2.36. The summed E-state index contributed by atoms with van der Waals surface area (Å²) in [6.45, 7) is 3.95. The summed E-state index contributed by atoms with van der Waals surface area (Å²) in [6.07, 6.45) is 1.27. The number of thioether (sulfide) groups is 1. The molecule has 0 aliphatic carbocycles. The van der Waals surface area contributed by atoms with Crippen LogP contribution in [0.5, 0.6) is 5.75 Å². The maximum Gasteiger partial charge on any atom is 0.247 e. The average Bonchev–Trinajstić information content (AvgIpc) is 2.92. The van der Waals surface area contributed by atoms with Crippen molar-refractivity contribution in [2.45, 2.75) is 23.0 Å². The van der Waals surface area contributed by atoms with Crippen molar-refractivity contribution in [3.05, 3.63) is 48.5 Å². The van der Waals surface area contributed by atoms with Crippen molar-refractivity contribution < 1.29 is 19.1 Å². The topological polar surface area (TPSA) is 82.2 Å². The standard InChI is InChI=1S/C26H30N4O4S/c1-34-20-6-4-5-19(17-20)28-13-15-30(16-14-28)25(32)18-9-11-29(12-10-18)26(33)23-24(31)27-21-7-2-3-8-22(21)35-23/h2-8,17-18,23H,9-16H2,1H3,(H,27,31). The second-order valence-electron chi connectivity index (χ2n) is 9.10. The average molecular weight is 495 g/mol. The number of nitrogens with one attached hydrogen (secondary N) is 1. The molecule has 35 heavy (non-hydrogen) atoms. The van der Waals surface area contributed by atoms with Crippen LogP contribution >= 0.6 is 11.8 Å². The summed E-state index contributed by atoms with van der Waals surface area (Å²) in [5, 5.41) is 2.07. The SMILES string of the molecule is COc1cccc(N2CCN(C(=O)C3CCN(C(=O)C4Sc5ccccc5NC4=O)CC3)CC2)c1. The number of methoxy groups -OCH3 is 1. The van der Waals surface area contributed by atoms with Crippen LogP contribution in [0.25, 0.3) is 0 Å². The maximum absolute atomic E-state index is 13.2. The fourth-order valence-corrected chi connectivity index (χ4v) is 6.05. The van der Waals surface area contributed by atoms with E-state index in [9.17, 15) is 14.4 Å². The molecule has 3 heterocycles. The van der Waals surface area contributed by atoms with E-state index in [-0.39, 0.29) is 23.6 Å². The van der Waals surface area contributed by atoms with Gasteiger partial charge in [0.2, 0.25) is 17.7 Å². The van der Waals surface area contributed by atoms with E-state index in [0.717, 1.165) is 35.1 Å². The molecule has 3 aliphatic heterocycles. The first-order chi connectivity index (χ1) is 17.0. The van der Waals surface area contributed by atoms with Crippen LogP contribution in [0.15, 0.2) is 53.4 Å². The van der Waals surface area contributed by atoms with Gasteiger partial charge in [-0.2, -0.15) is 0 Å². The van der Waals surface area contributed by atoms with Crippen molar-refractivity contribution >= 4 is 40.9 Å². The van der Waals surface area contributed by atoms with Gasteiger partial charge in [0.15, 0.2) is 5.25 Å². The number of carbonyl (C=O) groups excluding carboxylic acids is 3. The molecule has 184 valence electrons. The van der Waals surface area contributed by atoms with Gasteiger partial charge in [-0.15, -0.1) is 11.8 Å². The lowest BCUT2D eigenvalue weighted by atomic mass is 9.94. The molecule has 2 saturated heterocycles. The number of fused-ring (bicyclic) bond motifs is 1. The van der Waals surface area contributed by atoms with Crippen LogP contribution in [0.2, 0.25) is 0 Å². The number of piperazine rings is 1. The third kappa shape index (κ3) is 4.96. The molecular weight excluding hydrogens is 464 g/mol. The number of nitrogens with zero attached hydrogens (tertiary/aromatic N) is 3. The summed E-state index contributed by atoms with van der Waals surface area (Å²) in [5.41, 5.74) is 1.86. The molecule has 2 aromatic rings. The first kappa shape index (κ1) is 23.5. The maximum atomic E-state index is 13.2. The highest BCUT2D eigenvalue weighted by atomic mass is 32.2. The monoisotopic (exact) mass is 494 g/mol. The zero-order valence-corrected chi connectivity index (χ0v) is 20.6. The number of anilines is 2. The molecule has 2 fully saturated rings.